The lowest BCUT2D eigenvalue weighted by Gasteiger charge is -2.32. The van der Waals surface area contributed by atoms with Gasteiger partial charge in [-0.15, -0.1) is 0 Å². The van der Waals surface area contributed by atoms with Crippen molar-refractivity contribution < 1.29 is 15.0 Å². The van der Waals surface area contributed by atoms with Gasteiger partial charge in [0.1, 0.15) is 0 Å². The van der Waals surface area contributed by atoms with Crippen molar-refractivity contribution in [2.45, 2.75) is 18.9 Å². The van der Waals surface area contributed by atoms with Crippen LogP contribution in [0.5, 0.6) is 0 Å². The summed E-state index contributed by atoms with van der Waals surface area (Å²) in [6.45, 7) is 1.98. The SMILES string of the molecule is CN1CCCC(C(O)c2ccc(C(=O)O)cc2)C1. The summed E-state index contributed by atoms with van der Waals surface area (Å²) < 4.78 is 0. The lowest BCUT2D eigenvalue weighted by atomic mass is 9.88. The summed E-state index contributed by atoms with van der Waals surface area (Å²) in [6.07, 6.45) is 1.62. The second-order valence-electron chi connectivity index (χ2n) is 5.04. The van der Waals surface area contributed by atoms with Crippen LogP contribution in [0.2, 0.25) is 0 Å². The monoisotopic (exact) mass is 249 g/mol. The minimum Gasteiger partial charge on any atom is -0.478 e. The number of aliphatic hydroxyl groups is 1. The number of aliphatic hydroxyl groups excluding tert-OH is 1. The minimum absolute atomic E-state index is 0.236. The van der Waals surface area contributed by atoms with Crippen molar-refractivity contribution in [3.63, 3.8) is 0 Å². The van der Waals surface area contributed by atoms with Crippen LogP contribution in [0.1, 0.15) is 34.9 Å². The van der Waals surface area contributed by atoms with Crippen LogP contribution >= 0.6 is 0 Å². The fourth-order valence-corrected chi connectivity index (χ4v) is 2.56. The van der Waals surface area contributed by atoms with Gasteiger partial charge in [-0.05, 0) is 44.1 Å². The standard InChI is InChI=1S/C14H19NO3/c1-15-8-2-3-12(9-15)13(16)10-4-6-11(7-5-10)14(17)18/h4-7,12-13,16H,2-3,8-9H2,1H3,(H,17,18). The molecular formula is C14H19NO3. The topological polar surface area (TPSA) is 60.8 Å². The molecule has 1 aromatic rings. The van der Waals surface area contributed by atoms with Crippen molar-refractivity contribution in [3.8, 4) is 0 Å². The lowest BCUT2D eigenvalue weighted by Crippen LogP contribution is -2.35. The first-order chi connectivity index (χ1) is 8.58. The Balaban J connectivity index is 2.08. The Kier molecular flexibility index (Phi) is 3.99. The molecule has 2 atom stereocenters. The summed E-state index contributed by atoms with van der Waals surface area (Å²) in [6, 6.07) is 6.52. The van der Waals surface area contributed by atoms with E-state index in [-0.39, 0.29) is 11.5 Å². The van der Waals surface area contributed by atoms with Gasteiger partial charge in [-0.3, -0.25) is 0 Å². The van der Waals surface area contributed by atoms with Crippen molar-refractivity contribution in [1.82, 2.24) is 4.90 Å². The molecule has 1 aliphatic rings. The van der Waals surface area contributed by atoms with E-state index in [2.05, 4.69) is 11.9 Å². The molecule has 1 saturated heterocycles. The van der Waals surface area contributed by atoms with Gasteiger partial charge in [-0.1, -0.05) is 12.1 Å². The highest BCUT2D eigenvalue weighted by Crippen LogP contribution is 2.29. The van der Waals surface area contributed by atoms with Crippen LogP contribution in [-0.2, 0) is 0 Å². The summed E-state index contributed by atoms with van der Waals surface area (Å²) in [7, 11) is 2.06. The molecule has 0 saturated carbocycles. The van der Waals surface area contributed by atoms with Crippen LogP contribution in [0.25, 0.3) is 0 Å². The van der Waals surface area contributed by atoms with Crippen LogP contribution in [0.15, 0.2) is 24.3 Å². The highest BCUT2D eigenvalue weighted by atomic mass is 16.4. The molecule has 98 valence electrons. The predicted molar refractivity (Wildman–Crippen MR) is 68.6 cm³/mol. The maximum atomic E-state index is 10.8. The van der Waals surface area contributed by atoms with E-state index >= 15 is 0 Å². The molecule has 18 heavy (non-hydrogen) atoms. The zero-order chi connectivity index (χ0) is 13.1. The molecule has 0 aromatic heterocycles. The molecule has 0 amide bonds. The van der Waals surface area contributed by atoms with Crippen molar-refractivity contribution in [3.05, 3.63) is 35.4 Å². The molecule has 0 spiro atoms. The number of aromatic carboxylic acids is 1. The number of carbonyl (C=O) groups is 1. The maximum absolute atomic E-state index is 10.8. The van der Waals surface area contributed by atoms with Gasteiger partial charge in [-0.25, -0.2) is 4.79 Å². The van der Waals surface area contributed by atoms with Gasteiger partial charge >= 0.3 is 5.97 Å². The molecular weight excluding hydrogens is 230 g/mol. The highest BCUT2D eigenvalue weighted by molar-refractivity contribution is 5.87. The quantitative estimate of drug-likeness (QED) is 0.857. The van der Waals surface area contributed by atoms with Gasteiger partial charge in [0, 0.05) is 12.5 Å². The number of carboxylic acid groups (broad SMARTS) is 1. The Morgan fingerprint density at radius 1 is 1.39 bits per heavy atom. The maximum Gasteiger partial charge on any atom is 0.335 e. The van der Waals surface area contributed by atoms with E-state index < -0.39 is 12.1 Å². The van der Waals surface area contributed by atoms with E-state index in [1.807, 2.05) is 0 Å². The molecule has 2 unspecified atom stereocenters. The average Bonchev–Trinajstić information content (AvgIpc) is 2.38. The molecule has 1 aliphatic heterocycles. The molecule has 4 nitrogen and oxygen atoms in total. The first-order valence-electron chi connectivity index (χ1n) is 6.28. The van der Waals surface area contributed by atoms with Gasteiger partial charge in [0.15, 0.2) is 0 Å². The number of piperidine rings is 1. The zero-order valence-electron chi connectivity index (χ0n) is 10.5. The van der Waals surface area contributed by atoms with Gasteiger partial charge < -0.3 is 15.1 Å². The molecule has 1 heterocycles. The fraction of sp³-hybridized carbons (Fsp3) is 0.500. The molecule has 0 aliphatic carbocycles. The Morgan fingerprint density at radius 3 is 2.61 bits per heavy atom. The normalized spacial score (nSPS) is 22.7. The summed E-state index contributed by atoms with van der Waals surface area (Å²) in [5, 5.41) is 19.1. The zero-order valence-corrected chi connectivity index (χ0v) is 10.5. The largest absolute Gasteiger partial charge is 0.478 e. The number of hydrogen-bond acceptors (Lipinski definition) is 3. The van der Waals surface area contributed by atoms with Crippen molar-refractivity contribution in [2.24, 2.45) is 5.92 Å². The van der Waals surface area contributed by atoms with E-state index in [4.69, 9.17) is 5.11 Å². The van der Waals surface area contributed by atoms with Crippen molar-refractivity contribution in [1.29, 1.82) is 0 Å². The van der Waals surface area contributed by atoms with E-state index in [9.17, 15) is 9.90 Å². The number of hydrogen-bond donors (Lipinski definition) is 2. The van der Waals surface area contributed by atoms with Crippen LogP contribution in [-0.4, -0.2) is 41.2 Å². The molecule has 0 radical (unpaired) electrons. The molecule has 2 rings (SSSR count). The smallest absolute Gasteiger partial charge is 0.335 e. The van der Waals surface area contributed by atoms with Crippen LogP contribution in [0.4, 0.5) is 0 Å². The molecule has 4 heteroatoms. The van der Waals surface area contributed by atoms with Crippen LogP contribution in [0.3, 0.4) is 0 Å². The number of benzene rings is 1. The summed E-state index contributed by atoms with van der Waals surface area (Å²) in [5.41, 5.74) is 1.06. The second-order valence-corrected chi connectivity index (χ2v) is 5.04. The first-order valence-corrected chi connectivity index (χ1v) is 6.28. The third kappa shape index (κ3) is 2.89. The molecule has 1 aromatic carbocycles. The molecule has 2 N–H and O–H groups in total. The highest BCUT2D eigenvalue weighted by Gasteiger charge is 2.25. The van der Waals surface area contributed by atoms with Crippen molar-refractivity contribution >= 4 is 5.97 Å². The Hall–Kier alpha value is -1.39. The third-order valence-corrected chi connectivity index (χ3v) is 3.61. The first kappa shape index (κ1) is 13.1. The van der Waals surface area contributed by atoms with E-state index in [0.717, 1.165) is 31.5 Å². The Bertz CT molecular complexity index is 416. The summed E-state index contributed by atoms with van der Waals surface area (Å²) >= 11 is 0. The Labute approximate surface area is 107 Å². The van der Waals surface area contributed by atoms with Crippen LogP contribution < -0.4 is 0 Å². The molecule has 1 fully saturated rings. The van der Waals surface area contributed by atoms with Gasteiger partial charge in [0.25, 0.3) is 0 Å². The Morgan fingerprint density at radius 2 is 2.06 bits per heavy atom. The van der Waals surface area contributed by atoms with Gasteiger partial charge in [-0.2, -0.15) is 0 Å². The van der Waals surface area contributed by atoms with E-state index in [1.54, 1.807) is 24.3 Å². The number of likely N-dealkylation sites (tertiary alicyclic amines) is 1. The summed E-state index contributed by atoms with van der Waals surface area (Å²) in [5.74, 6) is -0.701. The number of nitrogens with zero attached hydrogens (tertiary/aromatic N) is 1. The van der Waals surface area contributed by atoms with Gasteiger partial charge in [0.05, 0.1) is 11.7 Å². The average molecular weight is 249 g/mol. The second kappa shape index (κ2) is 5.50. The van der Waals surface area contributed by atoms with Crippen LogP contribution in [0, 0.1) is 5.92 Å². The third-order valence-electron chi connectivity index (χ3n) is 3.61. The number of carboxylic acids is 1. The number of rotatable bonds is 3. The molecule has 0 bridgehead atoms. The predicted octanol–water partition coefficient (Wildman–Crippen LogP) is 1.76. The lowest BCUT2D eigenvalue weighted by molar-refractivity contribution is 0.0590. The summed E-state index contributed by atoms with van der Waals surface area (Å²) in [4.78, 5) is 13.0. The van der Waals surface area contributed by atoms with E-state index in [0.29, 0.717) is 0 Å². The van der Waals surface area contributed by atoms with Gasteiger partial charge in [0.2, 0.25) is 0 Å². The van der Waals surface area contributed by atoms with Crippen molar-refractivity contribution in [2.75, 3.05) is 20.1 Å². The van der Waals surface area contributed by atoms with E-state index in [1.165, 1.54) is 0 Å². The fourth-order valence-electron chi connectivity index (χ4n) is 2.56. The minimum atomic E-state index is -0.937.